The van der Waals surface area contributed by atoms with Gasteiger partial charge in [-0.15, -0.1) is 0 Å². The number of hydrogen-bond acceptors (Lipinski definition) is 10. The number of carboxylic acids is 5. The molecule has 3 radical (unpaired) electrons. The second kappa shape index (κ2) is 37.2. The molecule has 0 amide bonds. The zero-order valence-corrected chi connectivity index (χ0v) is 19.6. The van der Waals surface area contributed by atoms with E-state index in [1.165, 1.54) is 0 Å². The summed E-state index contributed by atoms with van der Waals surface area (Å²) in [7, 11) is 0. The SMILES string of the molecule is CC(=O)[O-].CC(=O)[O-].CC(=O)[O-].CC(=O)[O-].CC(=O)[O-].[Ce+3].[Pb+2]. The van der Waals surface area contributed by atoms with Gasteiger partial charge in [-0.25, -0.2) is 0 Å². The van der Waals surface area contributed by atoms with Crippen LogP contribution in [0.5, 0.6) is 0 Å². The van der Waals surface area contributed by atoms with E-state index in [9.17, 15) is 0 Å². The van der Waals surface area contributed by atoms with Crippen LogP contribution in [0.4, 0.5) is 0 Å². The summed E-state index contributed by atoms with van der Waals surface area (Å²) >= 11 is 0. The first kappa shape index (κ1) is 43.0. The van der Waals surface area contributed by atoms with Gasteiger partial charge in [0.05, 0.1) is 0 Å². The van der Waals surface area contributed by atoms with Crippen molar-refractivity contribution in [1.82, 2.24) is 0 Å². The maximum absolute atomic E-state index is 8.89. The molecule has 0 aromatic heterocycles. The summed E-state index contributed by atoms with van der Waals surface area (Å²) in [6.07, 6.45) is 0. The van der Waals surface area contributed by atoms with Gasteiger partial charge >= 0.3 is 69.0 Å². The van der Waals surface area contributed by atoms with Gasteiger partial charge in [-0.05, 0) is 34.6 Å². The molecule has 0 spiro atoms. The van der Waals surface area contributed by atoms with Gasteiger partial charge in [-0.3, -0.25) is 0 Å². The Labute approximate surface area is 181 Å². The van der Waals surface area contributed by atoms with Crippen LogP contribution >= 0.6 is 0 Å². The Morgan fingerprint density at radius 3 is 0.455 bits per heavy atom. The van der Waals surface area contributed by atoms with Crippen LogP contribution in [-0.2, 0) is 24.0 Å². The normalized spacial score (nSPS) is 5.68. The maximum atomic E-state index is 8.89. The van der Waals surface area contributed by atoms with Gasteiger partial charge in [-0.2, -0.15) is 0 Å². The molecule has 0 aromatic rings. The third kappa shape index (κ3) is 55400. The maximum Gasteiger partial charge on any atom is 3.00 e. The summed E-state index contributed by atoms with van der Waals surface area (Å²) in [4.78, 5) is 44.4. The Hall–Kier alpha value is -0.351. The molecule has 0 saturated carbocycles. The number of carboxylic acid groups (broad SMARTS) is 5. The van der Waals surface area contributed by atoms with Crippen LogP contribution in [0.2, 0.25) is 0 Å². The van der Waals surface area contributed by atoms with Crippen molar-refractivity contribution in [3.8, 4) is 0 Å². The molecular weight excluding hydrogens is 627 g/mol. The Kier molecular flexibility index (Phi) is 72.6. The molecule has 10 nitrogen and oxygen atoms in total. The first-order valence-electron chi connectivity index (χ1n) is 4.54. The second-order valence-electron chi connectivity index (χ2n) is 2.46. The van der Waals surface area contributed by atoms with Crippen molar-refractivity contribution in [1.29, 1.82) is 0 Å². The Balaban J connectivity index is -0.0000000250. The average molecular weight is 643 g/mol. The van der Waals surface area contributed by atoms with Gasteiger partial charge in [0.1, 0.15) is 0 Å². The molecule has 0 unspecified atom stereocenters. The Bertz CT molecular complexity index is 216. The molecule has 0 aliphatic rings. The van der Waals surface area contributed by atoms with E-state index in [1.807, 2.05) is 0 Å². The minimum absolute atomic E-state index is 0. The molecule has 0 aromatic carbocycles. The minimum Gasteiger partial charge on any atom is -0.550 e. The van der Waals surface area contributed by atoms with E-state index in [2.05, 4.69) is 0 Å². The largest absolute Gasteiger partial charge is 3.00 e. The monoisotopic (exact) mass is 643 g/mol. The van der Waals surface area contributed by atoms with Gasteiger partial charge < -0.3 is 49.5 Å². The summed E-state index contributed by atoms with van der Waals surface area (Å²) in [5, 5.41) is 44.4. The predicted molar refractivity (Wildman–Crippen MR) is 59.2 cm³/mol. The van der Waals surface area contributed by atoms with Crippen molar-refractivity contribution in [3.05, 3.63) is 0 Å². The molecule has 0 aliphatic heterocycles. The van der Waals surface area contributed by atoms with Gasteiger partial charge in [0.25, 0.3) is 0 Å². The smallest absolute Gasteiger partial charge is 0.550 e. The molecule has 12 heteroatoms. The predicted octanol–water partition coefficient (Wildman–Crippen LogP) is -6.60. The third-order valence-corrected chi connectivity index (χ3v) is 0. The van der Waals surface area contributed by atoms with E-state index in [0.29, 0.717) is 0 Å². The summed E-state index contributed by atoms with van der Waals surface area (Å²) in [6.45, 7) is 4.86. The van der Waals surface area contributed by atoms with Crippen LogP contribution in [-0.4, -0.2) is 57.1 Å². The number of aliphatic carboxylic acids is 5. The first-order chi connectivity index (χ1) is 8.66. The topological polar surface area (TPSA) is 201 Å². The minimum atomic E-state index is -1.08. The van der Waals surface area contributed by atoms with Crippen molar-refractivity contribution in [2.45, 2.75) is 34.6 Å². The van der Waals surface area contributed by atoms with Crippen LogP contribution in [0.15, 0.2) is 0 Å². The van der Waals surface area contributed by atoms with Crippen LogP contribution in [0.25, 0.3) is 0 Å². The van der Waals surface area contributed by atoms with Gasteiger partial charge in [0.2, 0.25) is 0 Å². The number of carbonyl (C=O) groups excluding carboxylic acids is 5. The summed E-state index contributed by atoms with van der Waals surface area (Å²) < 4.78 is 0. The van der Waals surface area contributed by atoms with Crippen LogP contribution in [0.3, 0.4) is 0 Å². The number of rotatable bonds is 0. The fraction of sp³-hybridized carbons (Fsp3) is 0.500. The molecule has 0 fully saturated rings. The first-order valence-corrected chi connectivity index (χ1v) is 4.54. The Morgan fingerprint density at radius 2 is 0.455 bits per heavy atom. The van der Waals surface area contributed by atoms with Crippen molar-refractivity contribution < 1.29 is 91.3 Å². The van der Waals surface area contributed by atoms with E-state index >= 15 is 0 Å². The second-order valence-corrected chi connectivity index (χ2v) is 2.46. The molecular formula is C10H15CeO10Pb. The molecule has 0 atom stereocenters. The van der Waals surface area contributed by atoms with Gasteiger partial charge in [-0.1, -0.05) is 0 Å². The average Bonchev–Trinajstić information content (AvgIpc) is 1.94. The standard InChI is InChI=1S/5C2H4O2.Ce.Pb/c5*1-2(3)4;;/h5*1H3,(H,3,4);;/q;;;;;+3;+2/p-5. The van der Waals surface area contributed by atoms with Crippen LogP contribution in [0, 0.1) is 41.7 Å². The quantitative estimate of drug-likeness (QED) is 0.229. The molecule has 123 valence electrons. The zero-order valence-electron chi connectivity index (χ0n) is 12.6. The Morgan fingerprint density at radius 1 is 0.455 bits per heavy atom. The van der Waals surface area contributed by atoms with E-state index in [-0.39, 0.29) is 69.0 Å². The van der Waals surface area contributed by atoms with E-state index in [0.717, 1.165) is 34.6 Å². The number of carbonyl (C=O) groups is 5. The van der Waals surface area contributed by atoms with Gasteiger partial charge in [0, 0.05) is 29.8 Å². The van der Waals surface area contributed by atoms with E-state index < -0.39 is 29.8 Å². The molecule has 0 rings (SSSR count). The summed E-state index contributed by atoms with van der Waals surface area (Å²) in [5.41, 5.74) is 0. The van der Waals surface area contributed by atoms with Gasteiger partial charge in [0.15, 0.2) is 0 Å². The fourth-order valence-electron chi connectivity index (χ4n) is 0. The molecule has 0 N–H and O–H groups in total. The molecule has 0 aliphatic carbocycles. The summed E-state index contributed by atoms with van der Waals surface area (Å²) in [5.74, 6) is -5.42. The molecule has 0 bridgehead atoms. The molecule has 0 heterocycles. The number of hydrogen-bond donors (Lipinski definition) is 0. The van der Waals surface area contributed by atoms with Crippen LogP contribution in [0.1, 0.15) is 34.6 Å². The van der Waals surface area contributed by atoms with Crippen molar-refractivity contribution in [2.75, 3.05) is 0 Å². The zero-order chi connectivity index (χ0) is 17.9. The van der Waals surface area contributed by atoms with Crippen molar-refractivity contribution in [3.63, 3.8) is 0 Å². The molecule has 22 heavy (non-hydrogen) atoms. The van der Waals surface area contributed by atoms with Crippen LogP contribution < -0.4 is 25.5 Å². The van der Waals surface area contributed by atoms with Crippen molar-refractivity contribution >= 4 is 57.1 Å². The van der Waals surface area contributed by atoms with E-state index in [4.69, 9.17) is 49.5 Å². The third-order valence-electron chi connectivity index (χ3n) is 0. The fourth-order valence-corrected chi connectivity index (χ4v) is 0. The summed E-state index contributed by atoms with van der Waals surface area (Å²) in [6, 6.07) is 0. The van der Waals surface area contributed by atoms with E-state index in [1.54, 1.807) is 0 Å². The molecule has 0 saturated heterocycles. The van der Waals surface area contributed by atoms with Crippen molar-refractivity contribution in [2.24, 2.45) is 0 Å².